The number of hydrogen-bond donors (Lipinski definition) is 2. The lowest BCUT2D eigenvalue weighted by Gasteiger charge is -2.20. The number of hydrogen-bond acceptors (Lipinski definition) is 3. The molecule has 0 spiro atoms. The number of carbonyl (C=O) groups is 2. The van der Waals surface area contributed by atoms with Crippen LogP contribution in [0.15, 0.2) is 18.2 Å². The quantitative estimate of drug-likeness (QED) is 0.828. The Balaban J connectivity index is 2.18. The second-order valence-corrected chi connectivity index (χ2v) is 4.90. The summed E-state index contributed by atoms with van der Waals surface area (Å²) in [7, 11) is 0. The van der Waals surface area contributed by atoms with Gasteiger partial charge in [0.1, 0.15) is 11.4 Å². The Bertz CT molecular complexity index is 547. The fraction of sp³-hybridized carbons (Fsp3) is 0.385. The van der Waals surface area contributed by atoms with Gasteiger partial charge in [-0.15, -0.1) is 0 Å². The highest BCUT2D eigenvalue weighted by Crippen LogP contribution is 2.21. The normalized spacial score (nSPS) is 22.6. The molecule has 1 fully saturated rings. The second-order valence-electron chi connectivity index (χ2n) is 4.90. The van der Waals surface area contributed by atoms with E-state index < -0.39 is 11.5 Å². The van der Waals surface area contributed by atoms with Gasteiger partial charge in [-0.25, -0.2) is 4.39 Å². The summed E-state index contributed by atoms with van der Waals surface area (Å²) < 4.78 is 13.1. The summed E-state index contributed by atoms with van der Waals surface area (Å²) in [5, 5.41) is 9.01. The topological polar surface area (TPSA) is 83.6 Å². The predicted octanol–water partition coefficient (Wildman–Crippen LogP) is 0.762. The van der Waals surface area contributed by atoms with Crippen LogP contribution in [-0.4, -0.2) is 40.5 Å². The Hall–Kier alpha value is -1.95. The zero-order valence-electron chi connectivity index (χ0n) is 10.5. The van der Waals surface area contributed by atoms with Crippen LogP contribution in [0.3, 0.4) is 0 Å². The summed E-state index contributed by atoms with van der Waals surface area (Å²) in [5.41, 5.74) is 5.04. The van der Waals surface area contributed by atoms with Crippen molar-refractivity contribution < 1.29 is 19.1 Å². The zero-order valence-corrected chi connectivity index (χ0v) is 10.5. The number of aryl methyl sites for hydroxylation is 1. The molecule has 1 unspecified atom stereocenters. The van der Waals surface area contributed by atoms with Crippen LogP contribution in [0, 0.1) is 12.7 Å². The van der Waals surface area contributed by atoms with E-state index in [1.165, 1.54) is 23.1 Å². The van der Waals surface area contributed by atoms with E-state index in [4.69, 9.17) is 10.8 Å². The smallest absolute Gasteiger partial charge is 0.325 e. The average molecular weight is 266 g/mol. The van der Waals surface area contributed by atoms with Crippen molar-refractivity contribution in [2.75, 3.05) is 13.1 Å². The molecule has 0 radical (unpaired) electrons. The molecule has 5 nitrogen and oxygen atoms in total. The van der Waals surface area contributed by atoms with Gasteiger partial charge in [0.2, 0.25) is 0 Å². The van der Waals surface area contributed by atoms with Gasteiger partial charge in [0.15, 0.2) is 0 Å². The summed E-state index contributed by atoms with van der Waals surface area (Å²) in [6, 6.07) is 4.07. The molecule has 1 heterocycles. The molecule has 1 aliphatic heterocycles. The molecule has 2 rings (SSSR count). The number of carbonyl (C=O) groups excluding carboxylic acids is 1. The summed E-state index contributed by atoms with van der Waals surface area (Å²) in [6.07, 6.45) is 0.217. The molecule has 1 aromatic rings. The lowest BCUT2D eigenvalue weighted by molar-refractivity contribution is -0.142. The number of amides is 1. The van der Waals surface area contributed by atoms with Crippen LogP contribution in [0.25, 0.3) is 0 Å². The largest absolute Gasteiger partial charge is 0.480 e. The Morgan fingerprint density at radius 1 is 1.47 bits per heavy atom. The number of nitrogens with two attached hydrogens (primary N) is 1. The van der Waals surface area contributed by atoms with Crippen LogP contribution < -0.4 is 5.73 Å². The Morgan fingerprint density at radius 3 is 2.68 bits per heavy atom. The maximum absolute atomic E-state index is 13.1. The van der Waals surface area contributed by atoms with E-state index in [1.54, 1.807) is 6.92 Å². The van der Waals surface area contributed by atoms with Crippen LogP contribution >= 0.6 is 0 Å². The van der Waals surface area contributed by atoms with E-state index >= 15 is 0 Å². The van der Waals surface area contributed by atoms with Gasteiger partial charge < -0.3 is 15.7 Å². The van der Waals surface area contributed by atoms with Crippen LogP contribution in [0.1, 0.15) is 22.3 Å². The van der Waals surface area contributed by atoms with Crippen molar-refractivity contribution >= 4 is 11.9 Å². The van der Waals surface area contributed by atoms with Crippen LogP contribution in [0.2, 0.25) is 0 Å². The minimum absolute atomic E-state index is 0.0302. The molecule has 6 heteroatoms. The van der Waals surface area contributed by atoms with E-state index in [2.05, 4.69) is 0 Å². The molecule has 1 amide bonds. The maximum atomic E-state index is 13.1. The van der Waals surface area contributed by atoms with Gasteiger partial charge >= 0.3 is 5.97 Å². The van der Waals surface area contributed by atoms with Crippen molar-refractivity contribution in [2.24, 2.45) is 5.73 Å². The van der Waals surface area contributed by atoms with Crippen LogP contribution in [0.4, 0.5) is 4.39 Å². The average Bonchev–Trinajstić information content (AvgIpc) is 2.76. The van der Waals surface area contributed by atoms with E-state index in [-0.39, 0.29) is 31.2 Å². The van der Waals surface area contributed by atoms with E-state index in [0.29, 0.717) is 11.1 Å². The summed E-state index contributed by atoms with van der Waals surface area (Å²) >= 11 is 0. The first kappa shape index (κ1) is 13.5. The van der Waals surface area contributed by atoms with Gasteiger partial charge in [-0.05, 0) is 37.1 Å². The SMILES string of the molecule is Cc1cc(C(=O)N2CCC(N)(C(=O)O)C2)ccc1F. The van der Waals surface area contributed by atoms with Crippen molar-refractivity contribution in [3.8, 4) is 0 Å². The third-order valence-electron chi connectivity index (χ3n) is 3.42. The van der Waals surface area contributed by atoms with E-state index in [0.717, 1.165) is 0 Å². The number of halogens is 1. The van der Waals surface area contributed by atoms with Gasteiger partial charge in [0.25, 0.3) is 5.91 Å². The van der Waals surface area contributed by atoms with E-state index in [1.807, 2.05) is 0 Å². The van der Waals surface area contributed by atoms with E-state index in [9.17, 15) is 14.0 Å². The summed E-state index contributed by atoms with van der Waals surface area (Å²) in [4.78, 5) is 24.6. The number of aliphatic carboxylic acids is 1. The Kier molecular flexibility index (Phi) is 3.28. The molecule has 3 N–H and O–H groups in total. The molecule has 1 aliphatic rings. The molecule has 0 bridgehead atoms. The maximum Gasteiger partial charge on any atom is 0.325 e. The first-order valence-corrected chi connectivity index (χ1v) is 5.91. The summed E-state index contributed by atoms with van der Waals surface area (Å²) in [6.45, 7) is 1.83. The molecular weight excluding hydrogens is 251 g/mol. The summed E-state index contributed by atoms with van der Waals surface area (Å²) in [5.74, 6) is -1.81. The van der Waals surface area contributed by atoms with Crippen molar-refractivity contribution in [3.05, 3.63) is 35.1 Å². The van der Waals surface area contributed by atoms with Crippen molar-refractivity contribution in [1.29, 1.82) is 0 Å². The fourth-order valence-electron chi connectivity index (χ4n) is 2.14. The number of benzene rings is 1. The molecule has 0 aliphatic carbocycles. The lowest BCUT2D eigenvalue weighted by atomic mass is 10.0. The predicted molar refractivity (Wildman–Crippen MR) is 66.2 cm³/mol. The zero-order chi connectivity index (χ0) is 14.2. The van der Waals surface area contributed by atoms with Gasteiger partial charge in [-0.1, -0.05) is 0 Å². The standard InChI is InChI=1S/C13H15FN2O3/c1-8-6-9(2-3-10(8)14)11(17)16-5-4-13(15,7-16)12(18)19/h2-3,6H,4-5,7,15H2,1H3,(H,18,19). The van der Waals surface area contributed by atoms with Gasteiger partial charge in [0.05, 0.1) is 0 Å². The molecule has 1 atom stereocenters. The van der Waals surface area contributed by atoms with Crippen molar-refractivity contribution in [2.45, 2.75) is 18.9 Å². The third-order valence-corrected chi connectivity index (χ3v) is 3.42. The second kappa shape index (κ2) is 4.62. The van der Waals surface area contributed by atoms with Gasteiger partial charge in [0, 0.05) is 18.7 Å². The first-order valence-electron chi connectivity index (χ1n) is 5.91. The fourth-order valence-corrected chi connectivity index (χ4v) is 2.14. The van der Waals surface area contributed by atoms with Crippen molar-refractivity contribution in [3.63, 3.8) is 0 Å². The highest BCUT2D eigenvalue weighted by atomic mass is 19.1. The highest BCUT2D eigenvalue weighted by molar-refractivity contribution is 5.95. The molecule has 19 heavy (non-hydrogen) atoms. The van der Waals surface area contributed by atoms with Gasteiger partial charge in [-0.2, -0.15) is 0 Å². The van der Waals surface area contributed by atoms with Crippen LogP contribution in [0.5, 0.6) is 0 Å². The van der Waals surface area contributed by atoms with Crippen molar-refractivity contribution in [1.82, 2.24) is 4.90 Å². The molecular formula is C13H15FN2O3. The number of carboxylic acids is 1. The third kappa shape index (κ3) is 2.44. The molecule has 1 aromatic carbocycles. The Labute approximate surface area is 109 Å². The number of carboxylic acid groups (broad SMARTS) is 1. The number of nitrogens with zero attached hydrogens (tertiary/aromatic N) is 1. The monoisotopic (exact) mass is 266 g/mol. The minimum Gasteiger partial charge on any atom is -0.480 e. The molecule has 1 saturated heterocycles. The molecule has 102 valence electrons. The molecule has 0 saturated carbocycles. The minimum atomic E-state index is -1.38. The highest BCUT2D eigenvalue weighted by Gasteiger charge is 2.43. The van der Waals surface area contributed by atoms with Gasteiger partial charge in [-0.3, -0.25) is 9.59 Å². The first-order chi connectivity index (χ1) is 8.83. The molecule has 0 aromatic heterocycles. The van der Waals surface area contributed by atoms with Crippen LogP contribution in [-0.2, 0) is 4.79 Å². The number of rotatable bonds is 2. The lowest BCUT2D eigenvalue weighted by Crippen LogP contribution is -2.50. The Morgan fingerprint density at radius 2 is 2.16 bits per heavy atom. The number of likely N-dealkylation sites (tertiary alicyclic amines) is 1.